The minimum absolute atomic E-state index is 0.112. The lowest BCUT2D eigenvalue weighted by Gasteiger charge is -2.03. The van der Waals surface area contributed by atoms with E-state index in [0.717, 1.165) is 30.6 Å². The number of ketones is 1. The summed E-state index contributed by atoms with van der Waals surface area (Å²) in [6, 6.07) is 17.8. The molecular weight excluding hydrogens is 362 g/mol. The average Bonchev–Trinajstić information content (AvgIpc) is 3.02. The number of nitrogens with two attached hydrogens (primary N) is 1. The van der Waals surface area contributed by atoms with E-state index in [1.807, 2.05) is 18.2 Å². The number of rotatable bonds is 7. The maximum absolute atomic E-state index is 12.7. The van der Waals surface area contributed by atoms with Gasteiger partial charge in [0, 0.05) is 10.4 Å². The van der Waals surface area contributed by atoms with Crippen molar-refractivity contribution in [2.24, 2.45) is 0 Å². The molecule has 0 aliphatic rings. The maximum atomic E-state index is 12.7. The smallest absolute Gasteiger partial charge is 0.197 e. The first kappa shape index (κ1) is 18.7. The van der Waals surface area contributed by atoms with Crippen LogP contribution < -0.4 is 5.73 Å². The van der Waals surface area contributed by atoms with Gasteiger partial charge in [0.25, 0.3) is 0 Å². The van der Waals surface area contributed by atoms with Gasteiger partial charge in [-0.3, -0.25) is 4.79 Å². The molecule has 2 aromatic carbocycles. The van der Waals surface area contributed by atoms with Crippen molar-refractivity contribution in [1.29, 1.82) is 0 Å². The molecule has 2 nitrogen and oxygen atoms in total. The molecule has 3 rings (SSSR count). The van der Waals surface area contributed by atoms with Crippen LogP contribution in [0.2, 0.25) is 5.02 Å². The summed E-state index contributed by atoms with van der Waals surface area (Å²) in [6.45, 7) is 2.19. The number of carbonyl (C=O) groups is 1. The molecule has 0 saturated carbocycles. The Kier molecular flexibility index (Phi) is 6.12. The Hall–Kier alpha value is -2.10. The number of benzene rings is 2. The van der Waals surface area contributed by atoms with Crippen LogP contribution in [0, 0.1) is 0 Å². The molecule has 2 N–H and O–H groups in total. The summed E-state index contributed by atoms with van der Waals surface area (Å²) < 4.78 is 0. The van der Waals surface area contributed by atoms with Gasteiger partial charge in [-0.15, -0.1) is 11.3 Å². The molecule has 1 aromatic heterocycles. The van der Waals surface area contributed by atoms with Gasteiger partial charge in [0.15, 0.2) is 5.78 Å². The van der Waals surface area contributed by atoms with Crippen molar-refractivity contribution in [2.75, 3.05) is 5.73 Å². The number of aryl methyl sites for hydroxylation is 3. The van der Waals surface area contributed by atoms with Crippen LogP contribution in [-0.2, 0) is 19.3 Å². The zero-order valence-electron chi connectivity index (χ0n) is 14.8. The van der Waals surface area contributed by atoms with Gasteiger partial charge in [-0.05, 0) is 48.6 Å². The lowest BCUT2D eigenvalue weighted by molar-refractivity contribution is 0.104. The number of carbonyl (C=O) groups excluding carboxylic acids is 1. The predicted molar refractivity (Wildman–Crippen MR) is 111 cm³/mol. The van der Waals surface area contributed by atoms with Crippen molar-refractivity contribution < 1.29 is 4.79 Å². The number of nitrogen functional groups attached to an aromatic ring is 1. The second kappa shape index (κ2) is 8.52. The first-order chi connectivity index (χ1) is 12.6. The zero-order chi connectivity index (χ0) is 18.5. The molecule has 0 unspecified atom stereocenters. The third kappa shape index (κ3) is 4.35. The van der Waals surface area contributed by atoms with Crippen LogP contribution in [0.1, 0.15) is 45.3 Å². The molecule has 0 aliphatic carbocycles. The van der Waals surface area contributed by atoms with Crippen LogP contribution in [0.3, 0.4) is 0 Å². The van der Waals surface area contributed by atoms with Crippen molar-refractivity contribution in [3.63, 3.8) is 0 Å². The van der Waals surface area contributed by atoms with Crippen molar-refractivity contribution in [3.05, 3.63) is 86.8 Å². The molecule has 0 spiro atoms. The fourth-order valence-corrected chi connectivity index (χ4v) is 4.12. The number of anilines is 1. The van der Waals surface area contributed by atoms with Crippen molar-refractivity contribution in [2.45, 2.75) is 32.6 Å². The first-order valence-corrected chi connectivity index (χ1v) is 10.0. The summed E-state index contributed by atoms with van der Waals surface area (Å²) in [5.74, 6) is -0.112. The Labute approximate surface area is 163 Å². The highest BCUT2D eigenvalue weighted by Gasteiger charge is 2.18. The number of thiophene rings is 1. The molecule has 0 fully saturated rings. The normalized spacial score (nSPS) is 10.8. The monoisotopic (exact) mass is 383 g/mol. The van der Waals surface area contributed by atoms with E-state index in [-0.39, 0.29) is 5.78 Å². The number of halogens is 1. The van der Waals surface area contributed by atoms with Crippen LogP contribution in [-0.4, -0.2) is 5.78 Å². The van der Waals surface area contributed by atoms with Gasteiger partial charge in [0.05, 0.1) is 15.6 Å². The highest BCUT2D eigenvalue weighted by molar-refractivity contribution is 7.16. The predicted octanol–water partition coefficient (Wildman–Crippen LogP) is 5.95. The van der Waals surface area contributed by atoms with Crippen molar-refractivity contribution >= 4 is 33.7 Å². The molecular formula is C22H22ClNOS. The quantitative estimate of drug-likeness (QED) is 0.512. The van der Waals surface area contributed by atoms with Gasteiger partial charge < -0.3 is 5.73 Å². The highest BCUT2D eigenvalue weighted by Crippen LogP contribution is 2.30. The molecule has 0 saturated heterocycles. The Bertz CT molecular complexity index is 899. The zero-order valence-corrected chi connectivity index (χ0v) is 16.4. The fraction of sp³-hybridized carbons (Fsp3) is 0.227. The van der Waals surface area contributed by atoms with Gasteiger partial charge >= 0.3 is 0 Å². The Balaban J connectivity index is 1.70. The van der Waals surface area contributed by atoms with Crippen molar-refractivity contribution in [3.8, 4) is 0 Å². The van der Waals surface area contributed by atoms with E-state index in [2.05, 4.69) is 31.2 Å². The summed E-state index contributed by atoms with van der Waals surface area (Å²) in [5.41, 5.74) is 9.84. The third-order valence-corrected chi connectivity index (χ3v) is 5.75. The molecule has 0 atom stereocenters. The van der Waals surface area contributed by atoms with Gasteiger partial charge in [-0.1, -0.05) is 61.3 Å². The molecule has 134 valence electrons. The van der Waals surface area contributed by atoms with E-state index >= 15 is 0 Å². The SMILES string of the molecule is CCCc1ccc(CCc2cc(C(=O)c3ccccc3Cl)c(N)s2)cc1. The lowest BCUT2D eigenvalue weighted by Crippen LogP contribution is -2.03. The second-order valence-electron chi connectivity index (χ2n) is 6.37. The number of hydrogen-bond acceptors (Lipinski definition) is 3. The van der Waals surface area contributed by atoms with E-state index in [1.54, 1.807) is 12.1 Å². The molecule has 0 aliphatic heterocycles. The van der Waals surface area contributed by atoms with Crippen LogP contribution in [0.15, 0.2) is 54.6 Å². The van der Waals surface area contributed by atoms with E-state index in [9.17, 15) is 4.79 Å². The van der Waals surface area contributed by atoms with Crippen molar-refractivity contribution in [1.82, 2.24) is 0 Å². The molecule has 4 heteroatoms. The van der Waals surface area contributed by atoms with Crippen LogP contribution in [0.25, 0.3) is 0 Å². The summed E-state index contributed by atoms with van der Waals surface area (Å²) >= 11 is 7.63. The van der Waals surface area contributed by atoms with Gasteiger partial charge in [-0.2, -0.15) is 0 Å². The number of hydrogen-bond donors (Lipinski definition) is 1. The van der Waals surface area contributed by atoms with E-state index in [1.165, 1.54) is 22.5 Å². The molecule has 0 radical (unpaired) electrons. The van der Waals surface area contributed by atoms with Crippen LogP contribution >= 0.6 is 22.9 Å². The first-order valence-electron chi connectivity index (χ1n) is 8.83. The van der Waals surface area contributed by atoms with E-state index < -0.39 is 0 Å². The molecule has 1 heterocycles. The molecule has 3 aromatic rings. The topological polar surface area (TPSA) is 43.1 Å². The van der Waals surface area contributed by atoms with Gasteiger partial charge in [0.1, 0.15) is 0 Å². The van der Waals surface area contributed by atoms with Crippen LogP contribution in [0.5, 0.6) is 0 Å². The van der Waals surface area contributed by atoms with E-state index in [4.69, 9.17) is 17.3 Å². The second-order valence-corrected chi connectivity index (χ2v) is 7.94. The minimum atomic E-state index is -0.112. The summed E-state index contributed by atoms with van der Waals surface area (Å²) in [4.78, 5) is 13.8. The molecule has 0 bridgehead atoms. The van der Waals surface area contributed by atoms with Gasteiger partial charge in [-0.25, -0.2) is 0 Å². The van der Waals surface area contributed by atoms with Gasteiger partial charge in [0.2, 0.25) is 0 Å². The maximum Gasteiger partial charge on any atom is 0.197 e. The summed E-state index contributed by atoms with van der Waals surface area (Å²) in [6.07, 6.45) is 4.09. The highest BCUT2D eigenvalue weighted by atomic mass is 35.5. The molecule has 0 amide bonds. The standard InChI is InChI=1S/C22H22ClNOS/c1-2-5-15-8-10-16(11-9-15)12-13-17-14-19(22(24)26-17)21(25)18-6-3-4-7-20(18)23/h3-4,6-11,14H,2,5,12-13,24H2,1H3. The lowest BCUT2D eigenvalue weighted by atomic mass is 10.0. The van der Waals surface area contributed by atoms with E-state index in [0.29, 0.717) is 21.2 Å². The fourth-order valence-electron chi connectivity index (χ4n) is 2.98. The average molecular weight is 384 g/mol. The minimum Gasteiger partial charge on any atom is -0.390 e. The summed E-state index contributed by atoms with van der Waals surface area (Å²) in [5, 5.41) is 1.01. The largest absolute Gasteiger partial charge is 0.390 e. The Morgan fingerprint density at radius 3 is 2.27 bits per heavy atom. The Morgan fingerprint density at radius 2 is 1.62 bits per heavy atom. The summed E-state index contributed by atoms with van der Waals surface area (Å²) in [7, 11) is 0. The van der Waals surface area contributed by atoms with Crippen LogP contribution in [0.4, 0.5) is 5.00 Å². The molecule has 26 heavy (non-hydrogen) atoms. The Morgan fingerprint density at radius 1 is 0.962 bits per heavy atom. The third-order valence-electron chi connectivity index (χ3n) is 4.40.